The van der Waals surface area contributed by atoms with Gasteiger partial charge in [-0.05, 0) is 31.5 Å². The zero-order valence-corrected chi connectivity index (χ0v) is 14.7. The lowest BCUT2D eigenvalue weighted by Crippen LogP contribution is -2.54. The van der Waals surface area contributed by atoms with Gasteiger partial charge >= 0.3 is 5.97 Å². The van der Waals surface area contributed by atoms with Crippen LogP contribution in [0.1, 0.15) is 24.6 Å². The highest BCUT2D eigenvalue weighted by Crippen LogP contribution is 2.47. The highest BCUT2D eigenvalue weighted by Gasteiger charge is 2.54. The summed E-state index contributed by atoms with van der Waals surface area (Å²) in [4.78, 5) is 18.9. The molecule has 132 valence electrons. The van der Waals surface area contributed by atoms with E-state index in [1.165, 1.54) is 12.7 Å². The Labute approximate surface area is 147 Å². The average molecular weight is 340 g/mol. The van der Waals surface area contributed by atoms with Gasteiger partial charge in [0.2, 0.25) is 0 Å². The smallest absolute Gasteiger partial charge is 0.320 e. The van der Waals surface area contributed by atoms with Gasteiger partial charge in [0.15, 0.2) is 0 Å². The first-order valence-corrected chi connectivity index (χ1v) is 8.82. The van der Waals surface area contributed by atoms with Crippen molar-refractivity contribution in [3.8, 4) is 0 Å². The molecule has 4 heterocycles. The lowest BCUT2D eigenvalue weighted by Gasteiger charge is -2.46. The number of esters is 1. The number of benzene rings is 1. The SMILES string of the molecule is C/C=C1\CN2CCC1C(CO)(C(=O)OC)c1[nH]c3ccccc3c1C2. The van der Waals surface area contributed by atoms with Crippen LogP contribution in [0.5, 0.6) is 0 Å². The van der Waals surface area contributed by atoms with E-state index in [0.29, 0.717) is 0 Å². The van der Waals surface area contributed by atoms with Gasteiger partial charge in [0.1, 0.15) is 5.41 Å². The zero-order valence-electron chi connectivity index (χ0n) is 14.7. The average Bonchev–Trinajstić information content (AvgIpc) is 2.99. The van der Waals surface area contributed by atoms with Gasteiger partial charge in [0.05, 0.1) is 13.7 Å². The van der Waals surface area contributed by atoms with E-state index in [0.717, 1.165) is 48.2 Å². The number of piperidine rings is 1. The maximum atomic E-state index is 13.0. The number of ether oxygens (including phenoxy) is 1. The number of nitrogens with one attached hydrogen (secondary N) is 1. The minimum absolute atomic E-state index is 0.0571. The molecule has 1 aromatic heterocycles. The molecule has 1 aromatic carbocycles. The number of hydrogen-bond donors (Lipinski definition) is 2. The number of nitrogens with zero attached hydrogens (tertiary/aromatic N) is 1. The van der Waals surface area contributed by atoms with Crippen LogP contribution in [0.4, 0.5) is 0 Å². The lowest BCUT2D eigenvalue weighted by atomic mass is 9.65. The van der Waals surface area contributed by atoms with Crippen molar-refractivity contribution in [2.24, 2.45) is 5.92 Å². The van der Waals surface area contributed by atoms with Gasteiger partial charge in [-0.3, -0.25) is 9.69 Å². The van der Waals surface area contributed by atoms with Crippen LogP contribution in [-0.4, -0.2) is 47.8 Å². The second-order valence-corrected chi connectivity index (χ2v) is 7.06. The fourth-order valence-electron chi connectivity index (χ4n) is 4.76. The molecule has 0 radical (unpaired) electrons. The molecule has 3 aliphatic heterocycles. The summed E-state index contributed by atoms with van der Waals surface area (Å²) in [7, 11) is 1.41. The monoisotopic (exact) mass is 340 g/mol. The van der Waals surface area contributed by atoms with Crippen molar-refractivity contribution < 1.29 is 14.6 Å². The second kappa shape index (κ2) is 6.00. The highest BCUT2D eigenvalue weighted by molar-refractivity contribution is 5.91. The molecule has 2 aromatic rings. The maximum Gasteiger partial charge on any atom is 0.320 e. The zero-order chi connectivity index (χ0) is 17.6. The Morgan fingerprint density at radius 1 is 1.44 bits per heavy atom. The number of aliphatic hydroxyl groups is 1. The topological polar surface area (TPSA) is 65.6 Å². The van der Waals surface area contributed by atoms with Crippen LogP contribution < -0.4 is 0 Å². The molecule has 0 saturated carbocycles. The molecule has 2 bridgehead atoms. The first kappa shape index (κ1) is 16.4. The molecule has 25 heavy (non-hydrogen) atoms. The van der Waals surface area contributed by atoms with Crippen molar-refractivity contribution in [1.82, 2.24) is 9.88 Å². The molecule has 5 nitrogen and oxygen atoms in total. The number of para-hydroxylation sites is 1. The summed E-state index contributed by atoms with van der Waals surface area (Å²) in [6.07, 6.45) is 2.93. The maximum absolute atomic E-state index is 13.0. The van der Waals surface area contributed by atoms with Gasteiger partial charge in [-0.25, -0.2) is 0 Å². The van der Waals surface area contributed by atoms with Gasteiger partial charge in [-0.15, -0.1) is 0 Å². The van der Waals surface area contributed by atoms with E-state index in [2.05, 4.69) is 22.0 Å². The number of rotatable bonds is 2. The fraction of sp³-hybridized carbons (Fsp3) is 0.450. The number of aromatic nitrogens is 1. The first-order chi connectivity index (χ1) is 12.2. The Hall–Kier alpha value is -2.11. The summed E-state index contributed by atoms with van der Waals surface area (Å²) >= 11 is 0. The van der Waals surface area contributed by atoms with Crippen LogP contribution in [0.2, 0.25) is 0 Å². The van der Waals surface area contributed by atoms with E-state index in [4.69, 9.17) is 4.74 Å². The minimum Gasteiger partial charge on any atom is -0.468 e. The quantitative estimate of drug-likeness (QED) is 0.651. The Bertz CT molecular complexity index is 854. The molecular weight excluding hydrogens is 316 g/mol. The van der Waals surface area contributed by atoms with E-state index >= 15 is 0 Å². The predicted molar refractivity (Wildman–Crippen MR) is 96.2 cm³/mol. The van der Waals surface area contributed by atoms with Crippen molar-refractivity contribution in [1.29, 1.82) is 0 Å². The van der Waals surface area contributed by atoms with E-state index in [1.54, 1.807) is 0 Å². The number of carbonyl (C=O) groups is 1. The molecule has 3 aliphatic rings. The summed E-state index contributed by atoms with van der Waals surface area (Å²) in [6.45, 7) is 4.27. The van der Waals surface area contributed by atoms with Crippen molar-refractivity contribution in [3.63, 3.8) is 0 Å². The van der Waals surface area contributed by atoms with Crippen molar-refractivity contribution >= 4 is 16.9 Å². The van der Waals surface area contributed by atoms with Gasteiger partial charge in [-0.2, -0.15) is 0 Å². The molecule has 0 aliphatic carbocycles. The molecule has 5 heteroatoms. The van der Waals surface area contributed by atoms with E-state index < -0.39 is 5.41 Å². The van der Waals surface area contributed by atoms with Gasteiger partial charge in [0, 0.05) is 35.6 Å². The molecule has 2 N–H and O–H groups in total. The second-order valence-electron chi connectivity index (χ2n) is 7.06. The molecular formula is C20H24N2O3. The molecule has 1 saturated heterocycles. The van der Waals surface area contributed by atoms with Crippen LogP contribution in [0.15, 0.2) is 35.9 Å². The van der Waals surface area contributed by atoms with Crippen LogP contribution in [0.3, 0.4) is 0 Å². The van der Waals surface area contributed by atoms with Gasteiger partial charge in [0.25, 0.3) is 0 Å². The van der Waals surface area contributed by atoms with E-state index in [1.807, 2.05) is 25.1 Å². The lowest BCUT2D eigenvalue weighted by molar-refractivity contribution is -0.152. The van der Waals surface area contributed by atoms with Crippen LogP contribution in [0.25, 0.3) is 10.9 Å². The van der Waals surface area contributed by atoms with Gasteiger partial charge in [-0.1, -0.05) is 29.8 Å². The number of methoxy groups -OCH3 is 1. The van der Waals surface area contributed by atoms with Crippen molar-refractivity contribution in [2.75, 3.05) is 26.8 Å². The molecule has 3 atom stereocenters. The summed E-state index contributed by atoms with van der Waals surface area (Å²) in [6, 6.07) is 8.10. The first-order valence-electron chi connectivity index (χ1n) is 8.82. The van der Waals surface area contributed by atoms with Gasteiger partial charge < -0.3 is 14.8 Å². The summed E-state index contributed by atoms with van der Waals surface area (Å²) in [5.74, 6) is -0.416. The molecule has 0 spiro atoms. The third-order valence-electron chi connectivity index (χ3n) is 5.99. The largest absolute Gasteiger partial charge is 0.468 e. The molecule has 5 rings (SSSR count). The highest BCUT2D eigenvalue weighted by atomic mass is 16.5. The third kappa shape index (κ3) is 2.19. The number of hydrogen-bond acceptors (Lipinski definition) is 4. The number of aliphatic hydroxyl groups excluding tert-OH is 1. The standard InChI is InChI=1S/C20H24N2O3/c1-3-13-10-22-9-8-16(13)20(12-23,19(24)25-2)18-15(11-22)14-6-4-5-7-17(14)21-18/h3-7,16,21,23H,8-12H2,1-2H3/b13-3+. The number of H-pyrrole nitrogens is 1. The Kier molecular flexibility index (Phi) is 3.93. The van der Waals surface area contributed by atoms with Crippen LogP contribution in [0, 0.1) is 5.92 Å². The van der Waals surface area contributed by atoms with Crippen molar-refractivity contribution in [3.05, 3.63) is 47.2 Å². The fourth-order valence-corrected chi connectivity index (χ4v) is 4.76. The molecule has 3 unspecified atom stereocenters. The minimum atomic E-state index is -1.07. The summed E-state index contributed by atoms with van der Waals surface area (Å²) < 4.78 is 5.22. The van der Waals surface area contributed by atoms with Crippen molar-refractivity contribution in [2.45, 2.75) is 25.3 Å². The molecule has 1 fully saturated rings. The Balaban J connectivity index is 2.06. The number of fused-ring (bicyclic) bond motifs is 3. The number of allylic oxidation sites excluding steroid dienone is 1. The Morgan fingerprint density at radius 2 is 2.24 bits per heavy atom. The normalized spacial score (nSPS) is 30.1. The van der Waals surface area contributed by atoms with E-state index in [-0.39, 0.29) is 18.5 Å². The summed E-state index contributed by atoms with van der Waals surface area (Å²) in [5, 5.41) is 11.6. The van der Waals surface area contributed by atoms with Crippen LogP contribution in [-0.2, 0) is 21.5 Å². The van der Waals surface area contributed by atoms with E-state index in [9.17, 15) is 9.90 Å². The predicted octanol–water partition coefficient (Wildman–Crippen LogP) is 2.35. The van der Waals surface area contributed by atoms with Crippen LogP contribution >= 0.6 is 0 Å². The summed E-state index contributed by atoms with van der Waals surface area (Å²) in [5.41, 5.74) is 3.05. The number of carbonyl (C=O) groups excluding carboxylic acids is 1. The third-order valence-corrected chi connectivity index (χ3v) is 5.99. The number of aromatic amines is 1. The molecule has 0 amide bonds. The Morgan fingerprint density at radius 3 is 2.96 bits per heavy atom.